The zero-order chi connectivity index (χ0) is 23.1. The number of halogens is 1. The van der Waals surface area contributed by atoms with Crippen LogP contribution in [0.15, 0.2) is 48.1 Å². The Morgan fingerprint density at radius 2 is 1.97 bits per heavy atom. The lowest BCUT2D eigenvalue weighted by atomic mass is 9.95. The van der Waals surface area contributed by atoms with Gasteiger partial charge in [0.05, 0.1) is 17.4 Å². The molecule has 0 spiro atoms. The van der Waals surface area contributed by atoms with Crippen molar-refractivity contribution in [2.75, 3.05) is 38.0 Å². The SMILES string of the molecule is C=CC(=O)N1CCN(C2=NCC(=O)Nc3cc(-c4c(C)ccc5[nH]ncc45)c(Cl)cc32)CC1. The molecule has 1 saturated heterocycles. The van der Waals surface area contributed by atoms with Gasteiger partial charge in [-0.1, -0.05) is 24.2 Å². The van der Waals surface area contributed by atoms with Gasteiger partial charge in [-0.05, 0) is 42.3 Å². The van der Waals surface area contributed by atoms with Crippen molar-refractivity contribution < 1.29 is 9.59 Å². The first kappa shape index (κ1) is 21.2. The number of benzodiazepines with no additional fused rings is 1. The van der Waals surface area contributed by atoms with E-state index in [2.05, 4.69) is 32.0 Å². The third-order valence-electron chi connectivity index (χ3n) is 6.16. The van der Waals surface area contributed by atoms with Gasteiger partial charge in [-0.15, -0.1) is 0 Å². The number of aromatic nitrogens is 2. The molecule has 0 aliphatic carbocycles. The van der Waals surface area contributed by atoms with Gasteiger partial charge < -0.3 is 15.1 Å². The fourth-order valence-corrected chi connectivity index (χ4v) is 4.76. The number of aromatic amines is 1. The molecule has 0 bridgehead atoms. The number of fused-ring (bicyclic) bond motifs is 2. The Bertz CT molecular complexity index is 1320. The monoisotopic (exact) mass is 462 g/mol. The quantitative estimate of drug-likeness (QED) is 0.572. The minimum absolute atomic E-state index is 0.0269. The first-order valence-electron chi connectivity index (χ1n) is 10.7. The Kier molecular flexibility index (Phi) is 5.38. The summed E-state index contributed by atoms with van der Waals surface area (Å²) in [6.45, 7) is 7.97. The number of H-pyrrole nitrogens is 1. The fraction of sp³-hybridized carbons (Fsp3) is 0.250. The first-order chi connectivity index (χ1) is 16.0. The van der Waals surface area contributed by atoms with Crippen LogP contribution in [0.5, 0.6) is 0 Å². The lowest BCUT2D eigenvalue weighted by Gasteiger charge is -2.36. The molecule has 0 unspecified atom stereocenters. The Balaban J connectivity index is 1.56. The highest BCUT2D eigenvalue weighted by Gasteiger charge is 2.27. The molecule has 2 N–H and O–H groups in total. The molecule has 9 heteroatoms. The lowest BCUT2D eigenvalue weighted by molar-refractivity contribution is -0.127. The topological polar surface area (TPSA) is 93.7 Å². The highest BCUT2D eigenvalue weighted by atomic mass is 35.5. The van der Waals surface area contributed by atoms with Gasteiger partial charge >= 0.3 is 0 Å². The Morgan fingerprint density at radius 3 is 2.73 bits per heavy atom. The number of benzene rings is 2. The second-order valence-electron chi connectivity index (χ2n) is 8.17. The van der Waals surface area contributed by atoms with Gasteiger partial charge in [0.2, 0.25) is 11.8 Å². The summed E-state index contributed by atoms with van der Waals surface area (Å²) in [5.74, 6) is 0.449. The van der Waals surface area contributed by atoms with Crippen LogP contribution in [0.4, 0.5) is 5.69 Å². The van der Waals surface area contributed by atoms with Crippen LogP contribution in [0.2, 0.25) is 5.02 Å². The van der Waals surface area contributed by atoms with Crippen molar-refractivity contribution in [1.29, 1.82) is 0 Å². The molecular weight excluding hydrogens is 440 g/mol. The highest BCUT2D eigenvalue weighted by Crippen LogP contribution is 2.39. The molecule has 3 aromatic rings. The standard InChI is InChI=1S/C24H23ClN6O2/c1-3-22(33)30-6-8-31(9-7-30)24-16-10-18(25)15(11-20(16)28-21(32)13-26-24)23-14(2)4-5-19-17(23)12-27-29-19/h3-5,10-12H,1,6-9,13H2,2H3,(H,27,29)(H,28,32). The maximum Gasteiger partial charge on any atom is 0.246 e. The molecule has 3 heterocycles. The van der Waals surface area contributed by atoms with Crippen LogP contribution in [-0.4, -0.2) is 70.4 Å². The largest absolute Gasteiger partial charge is 0.353 e. The number of rotatable bonds is 2. The number of hydrogen-bond acceptors (Lipinski definition) is 5. The van der Waals surface area contributed by atoms with E-state index in [1.54, 1.807) is 11.1 Å². The predicted octanol–water partition coefficient (Wildman–Crippen LogP) is 3.22. The van der Waals surface area contributed by atoms with Crippen molar-refractivity contribution >= 4 is 45.8 Å². The normalized spacial score (nSPS) is 16.2. The van der Waals surface area contributed by atoms with Crippen molar-refractivity contribution in [1.82, 2.24) is 20.0 Å². The summed E-state index contributed by atoms with van der Waals surface area (Å²) in [5.41, 5.74) is 5.21. The smallest absolute Gasteiger partial charge is 0.246 e. The first-order valence-corrected chi connectivity index (χ1v) is 11.1. The molecule has 8 nitrogen and oxygen atoms in total. The van der Waals surface area contributed by atoms with Gasteiger partial charge in [-0.2, -0.15) is 5.10 Å². The average molecular weight is 463 g/mol. The average Bonchev–Trinajstić information content (AvgIpc) is 3.23. The number of carbonyl (C=O) groups is 2. The number of amides is 2. The number of anilines is 1. The Morgan fingerprint density at radius 1 is 1.18 bits per heavy atom. The van der Waals surface area contributed by atoms with Crippen LogP contribution >= 0.6 is 11.6 Å². The van der Waals surface area contributed by atoms with E-state index in [1.165, 1.54) is 6.08 Å². The van der Waals surface area contributed by atoms with Crippen LogP contribution in [0.3, 0.4) is 0 Å². The van der Waals surface area contributed by atoms with Crippen LogP contribution in [0.25, 0.3) is 22.0 Å². The summed E-state index contributed by atoms with van der Waals surface area (Å²) in [6.07, 6.45) is 3.12. The third kappa shape index (κ3) is 3.76. The number of aryl methyl sites for hydroxylation is 1. The number of amidine groups is 1. The van der Waals surface area contributed by atoms with E-state index in [1.807, 2.05) is 31.2 Å². The number of piperazine rings is 1. The van der Waals surface area contributed by atoms with Gasteiger partial charge in [0, 0.05) is 47.7 Å². The van der Waals surface area contributed by atoms with E-state index >= 15 is 0 Å². The summed E-state index contributed by atoms with van der Waals surface area (Å²) in [5, 5.41) is 11.7. The zero-order valence-electron chi connectivity index (χ0n) is 18.2. The zero-order valence-corrected chi connectivity index (χ0v) is 18.9. The lowest BCUT2D eigenvalue weighted by Crippen LogP contribution is -2.50. The Hall–Kier alpha value is -3.65. The second-order valence-corrected chi connectivity index (χ2v) is 8.58. The number of nitrogens with zero attached hydrogens (tertiary/aromatic N) is 4. The van der Waals surface area contributed by atoms with Gasteiger partial charge in [0.15, 0.2) is 0 Å². The molecule has 168 valence electrons. The van der Waals surface area contributed by atoms with Crippen LogP contribution in [0.1, 0.15) is 11.1 Å². The van der Waals surface area contributed by atoms with Crippen molar-refractivity contribution in [3.05, 3.63) is 59.3 Å². The molecule has 33 heavy (non-hydrogen) atoms. The van der Waals surface area contributed by atoms with Gasteiger partial charge in [0.25, 0.3) is 0 Å². The minimum Gasteiger partial charge on any atom is -0.353 e. The maximum atomic E-state index is 12.5. The molecule has 1 aromatic heterocycles. The molecule has 2 aliphatic heterocycles. The fourth-order valence-electron chi connectivity index (χ4n) is 4.50. The van der Waals surface area contributed by atoms with E-state index in [4.69, 9.17) is 11.6 Å². The maximum absolute atomic E-state index is 12.5. The molecule has 1 fully saturated rings. The van der Waals surface area contributed by atoms with Crippen LogP contribution < -0.4 is 5.32 Å². The molecule has 2 aromatic carbocycles. The summed E-state index contributed by atoms with van der Waals surface area (Å²) in [7, 11) is 0. The number of carbonyl (C=O) groups excluding carboxylic acids is 2. The number of nitrogens with one attached hydrogen (secondary N) is 2. The second kappa shape index (κ2) is 8.37. The van der Waals surface area contributed by atoms with Crippen molar-refractivity contribution in [3.8, 4) is 11.1 Å². The molecule has 0 radical (unpaired) electrons. The summed E-state index contributed by atoms with van der Waals surface area (Å²) < 4.78 is 0. The Labute approximate surface area is 195 Å². The molecule has 2 aliphatic rings. The van der Waals surface area contributed by atoms with Crippen molar-refractivity contribution in [2.24, 2.45) is 4.99 Å². The molecule has 0 saturated carbocycles. The molecule has 0 atom stereocenters. The number of hydrogen-bond donors (Lipinski definition) is 2. The third-order valence-corrected chi connectivity index (χ3v) is 6.47. The van der Waals surface area contributed by atoms with Crippen molar-refractivity contribution in [2.45, 2.75) is 6.92 Å². The summed E-state index contributed by atoms with van der Waals surface area (Å²) in [4.78, 5) is 32.9. The molecule has 2 amide bonds. The van der Waals surface area contributed by atoms with Gasteiger partial charge in [-0.25, -0.2) is 0 Å². The van der Waals surface area contributed by atoms with Crippen LogP contribution in [-0.2, 0) is 9.59 Å². The van der Waals surface area contributed by atoms with Gasteiger partial charge in [-0.3, -0.25) is 19.7 Å². The summed E-state index contributed by atoms with van der Waals surface area (Å²) >= 11 is 6.83. The van der Waals surface area contributed by atoms with E-state index in [9.17, 15) is 9.59 Å². The molecule has 5 rings (SSSR count). The minimum atomic E-state index is -0.182. The van der Waals surface area contributed by atoms with E-state index < -0.39 is 0 Å². The van der Waals surface area contributed by atoms with Crippen LogP contribution in [0, 0.1) is 6.92 Å². The van der Waals surface area contributed by atoms with E-state index in [-0.39, 0.29) is 18.4 Å². The van der Waals surface area contributed by atoms with E-state index in [0.717, 1.165) is 33.2 Å². The highest BCUT2D eigenvalue weighted by molar-refractivity contribution is 6.34. The molecular formula is C24H23ClN6O2. The number of aliphatic imine (C=N–C) groups is 1. The van der Waals surface area contributed by atoms with Crippen molar-refractivity contribution in [3.63, 3.8) is 0 Å². The predicted molar refractivity (Wildman–Crippen MR) is 130 cm³/mol. The summed E-state index contributed by atoms with van der Waals surface area (Å²) in [6, 6.07) is 7.80. The van der Waals surface area contributed by atoms with Gasteiger partial charge in [0.1, 0.15) is 12.4 Å². The van der Waals surface area contributed by atoms with E-state index in [0.29, 0.717) is 42.7 Å².